The lowest BCUT2D eigenvalue weighted by Crippen LogP contribution is -1.99. The number of unbranched alkanes of at least 4 members (excludes halogenated alkanes) is 1. The fraction of sp³-hybridized carbons (Fsp3) is 0.278. The summed E-state index contributed by atoms with van der Waals surface area (Å²) in [5.41, 5.74) is 2.06. The van der Waals surface area contributed by atoms with E-state index in [4.69, 9.17) is 23.2 Å². The number of hydrogen-bond donors (Lipinski definition) is 0. The molecular formula is C18H20Cl2O2. The summed E-state index contributed by atoms with van der Waals surface area (Å²) in [6, 6.07) is 15.6. The summed E-state index contributed by atoms with van der Waals surface area (Å²) in [5, 5.41) is 1.20. The third-order valence-electron chi connectivity index (χ3n) is 2.84. The van der Waals surface area contributed by atoms with Gasteiger partial charge < -0.3 is 4.74 Å². The monoisotopic (exact) mass is 338 g/mol. The van der Waals surface area contributed by atoms with Gasteiger partial charge in [0.1, 0.15) is 0 Å². The van der Waals surface area contributed by atoms with Crippen molar-refractivity contribution in [3.63, 3.8) is 0 Å². The van der Waals surface area contributed by atoms with Crippen molar-refractivity contribution in [2.45, 2.75) is 26.7 Å². The molecule has 4 heteroatoms. The Morgan fingerprint density at radius 3 is 2.32 bits per heavy atom. The second-order valence-electron chi connectivity index (χ2n) is 4.66. The van der Waals surface area contributed by atoms with Crippen molar-refractivity contribution in [1.82, 2.24) is 0 Å². The van der Waals surface area contributed by atoms with Gasteiger partial charge in [0.25, 0.3) is 0 Å². The smallest absolute Gasteiger partial charge is 0.302 e. The van der Waals surface area contributed by atoms with Crippen molar-refractivity contribution in [2.75, 3.05) is 6.61 Å². The lowest BCUT2D eigenvalue weighted by molar-refractivity contribution is -0.141. The molecule has 0 amide bonds. The Morgan fingerprint density at radius 1 is 1.05 bits per heavy atom. The molecule has 22 heavy (non-hydrogen) atoms. The topological polar surface area (TPSA) is 26.3 Å². The molecule has 0 saturated carbocycles. The van der Waals surface area contributed by atoms with E-state index in [9.17, 15) is 4.79 Å². The lowest BCUT2D eigenvalue weighted by Gasteiger charge is -2.04. The van der Waals surface area contributed by atoms with Gasteiger partial charge >= 0.3 is 5.97 Å². The third-order valence-corrected chi connectivity index (χ3v) is 3.66. The SMILES string of the molecule is CCCCOC(C)=O.Clc1cccc(-c2ccccc2)c1Cl. The summed E-state index contributed by atoms with van der Waals surface area (Å²) in [6.45, 7) is 4.06. The predicted molar refractivity (Wildman–Crippen MR) is 93.4 cm³/mol. The highest BCUT2D eigenvalue weighted by molar-refractivity contribution is 6.43. The van der Waals surface area contributed by atoms with E-state index in [0.29, 0.717) is 16.7 Å². The normalized spacial score (nSPS) is 9.64. The zero-order valence-electron chi connectivity index (χ0n) is 12.8. The van der Waals surface area contributed by atoms with Crippen molar-refractivity contribution in [2.24, 2.45) is 0 Å². The van der Waals surface area contributed by atoms with E-state index >= 15 is 0 Å². The first-order valence-electron chi connectivity index (χ1n) is 7.19. The second-order valence-corrected chi connectivity index (χ2v) is 5.45. The van der Waals surface area contributed by atoms with E-state index in [1.807, 2.05) is 42.5 Å². The molecule has 0 aliphatic carbocycles. The minimum atomic E-state index is -0.182. The van der Waals surface area contributed by atoms with Gasteiger partial charge in [-0.25, -0.2) is 0 Å². The Balaban J connectivity index is 0.000000261. The molecule has 2 aromatic rings. The first-order valence-corrected chi connectivity index (χ1v) is 7.94. The largest absolute Gasteiger partial charge is 0.466 e. The summed E-state index contributed by atoms with van der Waals surface area (Å²) < 4.78 is 4.64. The summed E-state index contributed by atoms with van der Waals surface area (Å²) in [5.74, 6) is -0.182. The number of carbonyl (C=O) groups excluding carboxylic acids is 1. The highest BCUT2D eigenvalue weighted by atomic mass is 35.5. The minimum Gasteiger partial charge on any atom is -0.466 e. The molecule has 0 radical (unpaired) electrons. The molecule has 0 fully saturated rings. The average molecular weight is 339 g/mol. The van der Waals surface area contributed by atoms with Gasteiger partial charge in [-0.1, -0.05) is 79.0 Å². The Bertz CT molecular complexity index is 583. The number of ether oxygens (including phenoxy) is 1. The van der Waals surface area contributed by atoms with E-state index in [1.165, 1.54) is 6.92 Å². The number of carbonyl (C=O) groups is 1. The Labute approximate surface area is 142 Å². The molecule has 2 rings (SSSR count). The van der Waals surface area contributed by atoms with Crippen molar-refractivity contribution >= 4 is 29.2 Å². The molecule has 118 valence electrons. The van der Waals surface area contributed by atoms with Gasteiger partial charge in [0.05, 0.1) is 16.7 Å². The molecule has 0 bridgehead atoms. The molecule has 0 aliphatic rings. The van der Waals surface area contributed by atoms with Gasteiger partial charge in [-0.15, -0.1) is 0 Å². The zero-order chi connectivity index (χ0) is 16.4. The van der Waals surface area contributed by atoms with Gasteiger partial charge in [-0.2, -0.15) is 0 Å². The van der Waals surface area contributed by atoms with Crippen LogP contribution in [0.15, 0.2) is 48.5 Å². The maximum Gasteiger partial charge on any atom is 0.302 e. The fourth-order valence-electron chi connectivity index (χ4n) is 1.70. The van der Waals surface area contributed by atoms with Gasteiger partial charge in [0.15, 0.2) is 0 Å². The molecule has 0 aromatic heterocycles. The highest BCUT2D eigenvalue weighted by Gasteiger charge is 2.05. The maximum absolute atomic E-state index is 10.1. The number of hydrogen-bond acceptors (Lipinski definition) is 2. The van der Waals surface area contributed by atoms with Gasteiger partial charge in [-0.05, 0) is 18.1 Å². The van der Waals surface area contributed by atoms with E-state index in [1.54, 1.807) is 6.07 Å². The minimum absolute atomic E-state index is 0.182. The molecule has 0 N–H and O–H groups in total. The summed E-state index contributed by atoms with van der Waals surface area (Å²) in [6.07, 6.45) is 2.05. The molecule has 0 atom stereocenters. The quantitative estimate of drug-likeness (QED) is 0.504. The van der Waals surface area contributed by atoms with Crippen LogP contribution in [0.1, 0.15) is 26.7 Å². The number of benzene rings is 2. The summed E-state index contributed by atoms with van der Waals surface area (Å²) in [7, 11) is 0. The van der Waals surface area contributed by atoms with E-state index in [2.05, 4.69) is 11.7 Å². The van der Waals surface area contributed by atoms with Crippen LogP contribution < -0.4 is 0 Å². The third kappa shape index (κ3) is 6.50. The molecule has 0 spiro atoms. The highest BCUT2D eigenvalue weighted by Crippen LogP contribution is 2.32. The Hall–Kier alpha value is -1.51. The number of rotatable bonds is 4. The summed E-state index contributed by atoms with van der Waals surface area (Å²) in [4.78, 5) is 10.1. The van der Waals surface area contributed by atoms with Crippen LogP contribution in [0.4, 0.5) is 0 Å². The van der Waals surface area contributed by atoms with Crippen LogP contribution in [-0.4, -0.2) is 12.6 Å². The van der Waals surface area contributed by atoms with E-state index in [0.717, 1.165) is 24.0 Å². The Kier molecular flexibility index (Phi) is 8.64. The van der Waals surface area contributed by atoms with Crippen LogP contribution in [0.5, 0.6) is 0 Å². The van der Waals surface area contributed by atoms with Gasteiger partial charge in [-0.3, -0.25) is 4.79 Å². The first kappa shape index (κ1) is 18.5. The van der Waals surface area contributed by atoms with Crippen LogP contribution in [0.2, 0.25) is 10.0 Å². The van der Waals surface area contributed by atoms with Crippen molar-refractivity contribution in [1.29, 1.82) is 0 Å². The maximum atomic E-state index is 10.1. The van der Waals surface area contributed by atoms with Crippen LogP contribution in [0.3, 0.4) is 0 Å². The predicted octanol–water partition coefficient (Wildman–Crippen LogP) is 6.01. The zero-order valence-corrected chi connectivity index (χ0v) is 14.3. The Morgan fingerprint density at radius 2 is 1.73 bits per heavy atom. The number of halogens is 2. The molecule has 0 saturated heterocycles. The van der Waals surface area contributed by atoms with Crippen molar-refractivity contribution in [3.05, 3.63) is 58.6 Å². The number of esters is 1. The lowest BCUT2D eigenvalue weighted by atomic mass is 10.1. The molecule has 0 unspecified atom stereocenters. The average Bonchev–Trinajstić information content (AvgIpc) is 2.51. The van der Waals surface area contributed by atoms with Crippen molar-refractivity contribution in [3.8, 4) is 11.1 Å². The van der Waals surface area contributed by atoms with Crippen LogP contribution in [0, 0.1) is 0 Å². The standard InChI is InChI=1S/C12H8Cl2.C6H12O2/c13-11-8-4-7-10(12(11)14)9-5-2-1-3-6-9;1-3-4-5-8-6(2)7/h1-8H;3-5H2,1-2H3. The van der Waals surface area contributed by atoms with Crippen LogP contribution >= 0.6 is 23.2 Å². The van der Waals surface area contributed by atoms with Gasteiger partial charge in [0, 0.05) is 12.5 Å². The van der Waals surface area contributed by atoms with E-state index in [-0.39, 0.29) is 5.97 Å². The summed E-state index contributed by atoms with van der Waals surface area (Å²) >= 11 is 12.0. The van der Waals surface area contributed by atoms with Crippen molar-refractivity contribution < 1.29 is 9.53 Å². The first-order chi connectivity index (χ1) is 10.6. The molecule has 2 nitrogen and oxygen atoms in total. The van der Waals surface area contributed by atoms with Crippen LogP contribution in [-0.2, 0) is 9.53 Å². The molecular weight excluding hydrogens is 319 g/mol. The molecule has 2 aromatic carbocycles. The molecule has 0 heterocycles. The fourth-order valence-corrected chi connectivity index (χ4v) is 2.11. The second kappa shape index (κ2) is 10.3. The van der Waals surface area contributed by atoms with Gasteiger partial charge in [0.2, 0.25) is 0 Å². The van der Waals surface area contributed by atoms with Crippen LogP contribution in [0.25, 0.3) is 11.1 Å². The van der Waals surface area contributed by atoms with E-state index < -0.39 is 0 Å². The molecule has 0 aliphatic heterocycles.